The van der Waals surface area contributed by atoms with Gasteiger partial charge in [-0.05, 0) is 144 Å². The quantitative estimate of drug-likeness (QED) is 0.166. The summed E-state index contributed by atoms with van der Waals surface area (Å²) in [5.41, 5.74) is 12.1. The predicted octanol–water partition coefficient (Wildman–Crippen LogP) is 16.9. The van der Waals surface area contributed by atoms with Crippen molar-refractivity contribution in [2.45, 2.75) is 27.7 Å². The minimum Gasteiger partial charge on any atom is -0.310 e. The second-order valence-electron chi connectivity index (χ2n) is 15.6. The smallest absolute Gasteiger partial charge is 0.0534 e. The molecule has 2 nitrogen and oxygen atoms in total. The van der Waals surface area contributed by atoms with Crippen LogP contribution in [0.1, 0.15) is 22.3 Å². The molecule has 0 saturated heterocycles. The molecule has 278 valence electrons. The lowest BCUT2D eigenvalue weighted by atomic mass is 10.0. The Morgan fingerprint density at radius 3 is 1.00 bits per heavy atom. The first kappa shape index (κ1) is 34.8. The highest BCUT2D eigenvalue weighted by molar-refractivity contribution is 7.33. The summed E-state index contributed by atoms with van der Waals surface area (Å²) in [5, 5.41) is 10.4. The minimum absolute atomic E-state index is 1.17. The van der Waals surface area contributed by atoms with E-state index in [1.54, 1.807) is 0 Å². The molecule has 9 aromatic carbocycles. The van der Waals surface area contributed by atoms with Gasteiger partial charge in [0.25, 0.3) is 0 Å². The van der Waals surface area contributed by atoms with E-state index in [-0.39, 0.29) is 0 Å². The van der Waals surface area contributed by atoms with Gasteiger partial charge in [0.15, 0.2) is 0 Å². The molecule has 0 bridgehead atoms. The lowest BCUT2D eigenvalue weighted by Crippen LogP contribution is -2.12. The maximum atomic E-state index is 2.41. The fourth-order valence-electron chi connectivity index (χ4n) is 8.88. The molecule has 58 heavy (non-hydrogen) atoms. The molecule has 0 amide bonds. The van der Waals surface area contributed by atoms with Crippen LogP contribution in [0.5, 0.6) is 0 Å². The number of fused-ring (bicyclic) bond motifs is 9. The van der Waals surface area contributed by atoms with Gasteiger partial charge in [0, 0.05) is 65.1 Å². The van der Waals surface area contributed by atoms with E-state index in [1.807, 2.05) is 22.7 Å². The third-order valence-corrected chi connectivity index (χ3v) is 14.4. The Labute approximate surface area is 346 Å². The highest BCUT2D eigenvalue weighted by Gasteiger charge is 2.20. The molecule has 0 fully saturated rings. The minimum atomic E-state index is 1.17. The van der Waals surface area contributed by atoms with Crippen LogP contribution in [0.4, 0.5) is 34.1 Å². The van der Waals surface area contributed by atoms with Gasteiger partial charge in [-0.25, -0.2) is 0 Å². The van der Waals surface area contributed by atoms with Gasteiger partial charge in [-0.3, -0.25) is 0 Å². The van der Waals surface area contributed by atoms with E-state index in [0.717, 1.165) is 0 Å². The summed E-state index contributed by atoms with van der Waals surface area (Å²) in [6.07, 6.45) is 0. The van der Waals surface area contributed by atoms with Gasteiger partial charge in [0.1, 0.15) is 0 Å². The molecule has 0 saturated carbocycles. The summed E-state index contributed by atoms with van der Waals surface area (Å²) in [7, 11) is 0. The van der Waals surface area contributed by atoms with Gasteiger partial charge >= 0.3 is 0 Å². The van der Waals surface area contributed by atoms with Crippen LogP contribution >= 0.6 is 22.7 Å². The first-order valence-corrected chi connectivity index (χ1v) is 21.5. The molecule has 2 aromatic heterocycles. The molecular formula is C54H40N2S2. The van der Waals surface area contributed by atoms with Crippen LogP contribution in [0.15, 0.2) is 170 Å². The molecule has 0 unspecified atom stereocenters. The second kappa shape index (κ2) is 13.6. The monoisotopic (exact) mass is 780 g/mol. The molecule has 0 atom stereocenters. The maximum Gasteiger partial charge on any atom is 0.0534 e. The van der Waals surface area contributed by atoms with Crippen LogP contribution < -0.4 is 9.80 Å². The van der Waals surface area contributed by atoms with Crippen molar-refractivity contribution in [3.63, 3.8) is 0 Å². The molecule has 0 aliphatic rings. The highest BCUT2D eigenvalue weighted by Crippen LogP contribution is 2.48. The Balaban J connectivity index is 1.04. The molecule has 0 N–H and O–H groups in total. The Bertz CT molecular complexity index is 3100. The van der Waals surface area contributed by atoms with Crippen molar-refractivity contribution in [3.8, 4) is 0 Å². The second-order valence-corrected chi connectivity index (χ2v) is 17.7. The van der Waals surface area contributed by atoms with Crippen LogP contribution in [0.2, 0.25) is 0 Å². The van der Waals surface area contributed by atoms with E-state index in [0.29, 0.717) is 0 Å². The fraction of sp³-hybridized carbons (Fsp3) is 0.0741. The molecule has 11 rings (SSSR count). The molecule has 2 heterocycles. The number of aryl methyl sites for hydroxylation is 4. The summed E-state index contributed by atoms with van der Waals surface area (Å²) >= 11 is 3.86. The van der Waals surface area contributed by atoms with Crippen molar-refractivity contribution in [1.29, 1.82) is 0 Å². The van der Waals surface area contributed by atoms with Crippen LogP contribution in [0.25, 0.3) is 61.9 Å². The first-order chi connectivity index (χ1) is 28.4. The van der Waals surface area contributed by atoms with Crippen LogP contribution in [-0.2, 0) is 0 Å². The van der Waals surface area contributed by atoms with E-state index in [2.05, 4.69) is 207 Å². The Morgan fingerprint density at radius 2 is 0.655 bits per heavy atom. The van der Waals surface area contributed by atoms with Crippen molar-refractivity contribution < 1.29 is 0 Å². The fourth-order valence-corrected chi connectivity index (χ4v) is 11.5. The Hall–Kier alpha value is -6.46. The van der Waals surface area contributed by atoms with Crippen molar-refractivity contribution >= 4 is 119 Å². The number of rotatable bonds is 6. The van der Waals surface area contributed by atoms with Gasteiger partial charge < -0.3 is 9.80 Å². The average Bonchev–Trinajstić information content (AvgIpc) is 3.79. The standard InChI is InChI=1S/C54H40N2S2/c1-33-13-5-9-17-47(33)55(48-18-10-6-14-34(48)2)41-23-21-37-29-45-43-25-26-44-46-30-38-22-24-42(56(49-19-11-7-15-35(49)3)50-20-12-8-16-36(50)4)28-40(38)32-52(46)58-54(44)53(43)57-51(45)31-39(37)27-41/h5-32H,1-4H3. The summed E-state index contributed by atoms with van der Waals surface area (Å²) in [6.45, 7) is 8.79. The lowest BCUT2D eigenvalue weighted by molar-refractivity contribution is 1.23. The summed E-state index contributed by atoms with van der Waals surface area (Å²) in [4.78, 5) is 4.83. The molecule has 0 spiro atoms. The largest absolute Gasteiger partial charge is 0.310 e. The molecule has 0 aliphatic carbocycles. The zero-order valence-corrected chi connectivity index (χ0v) is 34.5. The van der Waals surface area contributed by atoms with Crippen molar-refractivity contribution in [1.82, 2.24) is 0 Å². The molecule has 0 radical (unpaired) electrons. The number of thiophene rings is 2. The average molecular weight is 781 g/mol. The van der Waals surface area contributed by atoms with E-state index in [9.17, 15) is 0 Å². The number of hydrogen-bond acceptors (Lipinski definition) is 4. The van der Waals surface area contributed by atoms with Gasteiger partial charge in [0.05, 0.1) is 9.40 Å². The Morgan fingerprint density at radius 1 is 0.310 bits per heavy atom. The zero-order valence-electron chi connectivity index (χ0n) is 32.9. The molecular weight excluding hydrogens is 741 g/mol. The van der Waals surface area contributed by atoms with Crippen LogP contribution in [0, 0.1) is 27.7 Å². The van der Waals surface area contributed by atoms with E-state index in [1.165, 1.54) is 118 Å². The van der Waals surface area contributed by atoms with E-state index >= 15 is 0 Å². The Kier molecular flexibility index (Phi) is 8.14. The van der Waals surface area contributed by atoms with Crippen LogP contribution in [-0.4, -0.2) is 0 Å². The molecule has 0 aliphatic heterocycles. The van der Waals surface area contributed by atoms with Gasteiger partial charge in [-0.1, -0.05) is 97.1 Å². The third-order valence-electron chi connectivity index (χ3n) is 11.9. The van der Waals surface area contributed by atoms with E-state index in [4.69, 9.17) is 0 Å². The number of hydrogen-bond donors (Lipinski definition) is 0. The van der Waals surface area contributed by atoms with Crippen LogP contribution in [0.3, 0.4) is 0 Å². The normalized spacial score (nSPS) is 11.8. The number of anilines is 6. The SMILES string of the molecule is Cc1ccccc1N(c1ccc2cc3c(cc2c1)sc1c3ccc2c3cc4ccc(N(c5ccccc5C)c5ccccc5C)cc4cc3sc21)c1ccccc1C. The van der Waals surface area contributed by atoms with Gasteiger partial charge in [-0.15, -0.1) is 22.7 Å². The topological polar surface area (TPSA) is 6.48 Å². The van der Waals surface area contributed by atoms with Gasteiger partial charge in [0.2, 0.25) is 0 Å². The maximum absolute atomic E-state index is 2.41. The number of benzene rings is 9. The lowest BCUT2D eigenvalue weighted by Gasteiger charge is -2.28. The van der Waals surface area contributed by atoms with Crippen molar-refractivity contribution in [3.05, 3.63) is 192 Å². The highest BCUT2D eigenvalue weighted by atomic mass is 32.1. The first-order valence-electron chi connectivity index (χ1n) is 19.9. The third kappa shape index (κ3) is 5.59. The van der Waals surface area contributed by atoms with Crippen molar-refractivity contribution in [2.75, 3.05) is 9.80 Å². The van der Waals surface area contributed by atoms with E-state index < -0.39 is 0 Å². The van der Waals surface area contributed by atoms with Gasteiger partial charge in [-0.2, -0.15) is 0 Å². The number of para-hydroxylation sites is 4. The predicted molar refractivity (Wildman–Crippen MR) is 256 cm³/mol. The molecule has 4 heteroatoms. The molecule has 11 aromatic rings. The van der Waals surface area contributed by atoms with Crippen molar-refractivity contribution in [2.24, 2.45) is 0 Å². The summed E-state index contributed by atoms with van der Waals surface area (Å²) < 4.78 is 5.40. The summed E-state index contributed by atoms with van der Waals surface area (Å²) in [5.74, 6) is 0. The summed E-state index contributed by atoms with van der Waals surface area (Å²) in [6, 6.07) is 63.0. The number of nitrogens with zero attached hydrogens (tertiary/aromatic N) is 2. The zero-order chi connectivity index (χ0) is 39.1.